The minimum Gasteiger partial charge on any atom is -0.481 e. The highest BCUT2D eigenvalue weighted by Gasteiger charge is 2.59. The third-order valence-corrected chi connectivity index (χ3v) is 5.56. The fourth-order valence-corrected chi connectivity index (χ4v) is 4.38. The first-order valence-corrected chi connectivity index (χ1v) is 7.23. The van der Waals surface area contributed by atoms with E-state index < -0.39 is 11.4 Å². The molecule has 0 aromatic heterocycles. The monoisotopic (exact) mass is 252 g/mol. The number of epoxide rings is 1. The molecular weight excluding hydrogens is 232 g/mol. The van der Waals surface area contributed by atoms with Crippen LogP contribution in [0.25, 0.3) is 0 Å². The molecule has 3 aliphatic heterocycles. The zero-order valence-electron chi connectivity index (χ0n) is 10.5. The van der Waals surface area contributed by atoms with Crippen LogP contribution >= 0.6 is 0 Å². The summed E-state index contributed by atoms with van der Waals surface area (Å²) < 4.78 is 11.4. The molecule has 5 fully saturated rings. The van der Waals surface area contributed by atoms with Gasteiger partial charge in [-0.25, -0.2) is 0 Å². The summed E-state index contributed by atoms with van der Waals surface area (Å²) in [6, 6.07) is 0. The molecule has 5 rings (SSSR count). The van der Waals surface area contributed by atoms with Crippen LogP contribution in [0.4, 0.5) is 0 Å². The fraction of sp³-hybridized carbons (Fsp3) is 0.929. The van der Waals surface area contributed by atoms with E-state index >= 15 is 0 Å². The van der Waals surface area contributed by atoms with Crippen LogP contribution < -0.4 is 0 Å². The Morgan fingerprint density at radius 1 is 1.28 bits per heavy atom. The molecule has 0 spiro atoms. The van der Waals surface area contributed by atoms with Crippen molar-refractivity contribution in [2.75, 3.05) is 0 Å². The molecule has 2 aliphatic carbocycles. The van der Waals surface area contributed by atoms with Crippen molar-refractivity contribution in [3.63, 3.8) is 0 Å². The van der Waals surface area contributed by atoms with Gasteiger partial charge in [0, 0.05) is 6.42 Å². The maximum absolute atomic E-state index is 11.8. The highest BCUT2D eigenvalue weighted by Crippen LogP contribution is 2.54. The van der Waals surface area contributed by atoms with Crippen LogP contribution in [0.1, 0.15) is 44.9 Å². The van der Waals surface area contributed by atoms with E-state index in [1.165, 1.54) is 12.8 Å². The third kappa shape index (κ3) is 1.48. The number of carboxylic acids is 1. The number of hydrogen-bond donors (Lipinski definition) is 1. The van der Waals surface area contributed by atoms with Crippen molar-refractivity contribution in [1.29, 1.82) is 0 Å². The van der Waals surface area contributed by atoms with E-state index in [-0.39, 0.29) is 6.10 Å². The molecule has 0 aromatic carbocycles. The van der Waals surface area contributed by atoms with Gasteiger partial charge in [-0.15, -0.1) is 0 Å². The summed E-state index contributed by atoms with van der Waals surface area (Å²) in [5.74, 6) is -0.200. The molecule has 3 heterocycles. The second kappa shape index (κ2) is 3.70. The SMILES string of the molecule is O=C(O)C1(CC2CCCC3OC23)CCC2CC1O2. The molecule has 0 radical (unpaired) electrons. The summed E-state index contributed by atoms with van der Waals surface area (Å²) in [7, 11) is 0. The lowest BCUT2D eigenvalue weighted by Gasteiger charge is -2.53. The van der Waals surface area contributed by atoms with Gasteiger partial charge in [0.2, 0.25) is 0 Å². The number of aliphatic carboxylic acids is 1. The zero-order chi connectivity index (χ0) is 12.3. The van der Waals surface area contributed by atoms with Crippen LogP contribution in [-0.2, 0) is 14.3 Å². The Morgan fingerprint density at radius 3 is 2.78 bits per heavy atom. The van der Waals surface area contributed by atoms with Gasteiger partial charge in [-0.1, -0.05) is 6.42 Å². The lowest BCUT2D eigenvalue weighted by molar-refractivity contribution is -0.234. The third-order valence-electron chi connectivity index (χ3n) is 5.56. The van der Waals surface area contributed by atoms with Crippen molar-refractivity contribution in [1.82, 2.24) is 0 Å². The van der Waals surface area contributed by atoms with Crippen molar-refractivity contribution < 1.29 is 19.4 Å². The van der Waals surface area contributed by atoms with E-state index in [0.717, 1.165) is 32.1 Å². The molecule has 4 heteroatoms. The molecule has 3 saturated heterocycles. The number of rotatable bonds is 3. The van der Waals surface area contributed by atoms with Gasteiger partial charge in [0.1, 0.15) is 0 Å². The Morgan fingerprint density at radius 2 is 2.11 bits per heavy atom. The van der Waals surface area contributed by atoms with E-state index in [4.69, 9.17) is 9.47 Å². The first kappa shape index (κ1) is 11.2. The first-order valence-electron chi connectivity index (χ1n) is 7.23. The average Bonchev–Trinajstić information content (AvgIpc) is 3.08. The largest absolute Gasteiger partial charge is 0.481 e. The first-order chi connectivity index (χ1) is 8.69. The van der Waals surface area contributed by atoms with Gasteiger partial charge < -0.3 is 14.6 Å². The fourth-order valence-electron chi connectivity index (χ4n) is 4.38. The molecule has 100 valence electrons. The smallest absolute Gasteiger partial charge is 0.312 e. The van der Waals surface area contributed by atoms with Crippen LogP contribution in [0.5, 0.6) is 0 Å². The second-order valence-electron chi connectivity index (χ2n) is 6.52. The summed E-state index contributed by atoms with van der Waals surface area (Å²) in [5, 5.41) is 9.69. The predicted molar refractivity (Wildman–Crippen MR) is 63.2 cm³/mol. The van der Waals surface area contributed by atoms with Crippen molar-refractivity contribution in [2.24, 2.45) is 11.3 Å². The Kier molecular flexibility index (Phi) is 2.31. The lowest BCUT2D eigenvalue weighted by atomic mass is 9.62. The number of carbonyl (C=O) groups is 1. The van der Waals surface area contributed by atoms with Crippen molar-refractivity contribution in [3.8, 4) is 0 Å². The standard InChI is InChI=1S/C14H20O4/c15-13(16)14(5-4-9-6-11(14)17-9)7-8-2-1-3-10-12(8)18-10/h8-12H,1-7H2,(H,15,16). The molecular formula is C14H20O4. The number of carboxylic acid groups (broad SMARTS) is 1. The average molecular weight is 252 g/mol. The Labute approximate surface area is 107 Å². The highest BCUT2D eigenvalue weighted by molar-refractivity contribution is 5.76. The maximum Gasteiger partial charge on any atom is 0.312 e. The van der Waals surface area contributed by atoms with E-state index in [0.29, 0.717) is 24.2 Å². The molecule has 2 saturated carbocycles. The van der Waals surface area contributed by atoms with Crippen molar-refractivity contribution >= 4 is 5.97 Å². The quantitative estimate of drug-likeness (QED) is 0.780. The minimum absolute atomic E-state index is 0.0344. The summed E-state index contributed by atoms with van der Waals surface area (Å²) in [6.07, 6.45) is 8.03. The minimum atomic E-state index is -0.645. The predicted octanol–water partition coefficient (Wildman–Crippen LogP) is 1.97. The van der Waals surface area contributed by atoms with Gasteiger partial charge in [-0.2, -0.15) is 0 Å². The molecule has 2 bridgehead atoms. The Bertz CT molecular complexity index is 373. The Balaban J connectivity index is 1.54. The van der Waals surface area contributed by atoms with Crippen LogP contribution in [0, 0.1) is 11.3 Å². The molecule has 6 unspecified atom stereocenters. The summed E-state index contributed by atoms with van der Waals surface area (Å²) >= 11 is 0. The lowest BCUT2D eigenvalue weighted by Crippen LogP contribution is -2.59. The topological polar surface area (TPSA) is 59.1 Å². The van der Waals surface area contributed by atoms with Crippen LogP contribution in [0.2, 0.25) is 0 Å². The van der Waals surface area contributed by atoms with E-state index in [1.54, 1.807) is 0 Å². The summed E-state index contributed by atoms with van der Waals surface area (Å²) in [4.78, 5) is 11.8. The molecule has 4 nitrogen and oxygen atoms in total. The van der Waals surface area contributed by atoms with Gasteiger partial charge >= 0.3 is 5.97 Å². The number of fused-ring (bicyclic) bond motifs is 3. The normalized spacial score (nSPS) is 53.2. The van der Waals surface area contributed by atoms with E-state index in [2.05, 4.69) is 0 Å². The molecule has 5 aliphatic rings. The molecule has 1 N–H and O–H groups in total. The van der Waals surface area contributed by atoms with Crippen molar-refractivity contribution in [2.45, 2.75) is 69.4 Å². The van der Waals surface area contributed by atoms with Gasteiger partial charge in [-0.3, -0.25) is 4.79 Å². The van der Waals surface area contributed by atoms with E-state index in [1.807, 2.05) is 0 Å². The van der Waals surface area contributed by atoms with Crippen LogP contribution in [0.3, 0.4) is 0 Å². The van der Waals surface area contributed by atoms with Gasteiger partial charge in [0.15, 0.2) is 0 Å². The van der Waals surface area contributed by atoms with Gasteiger partial charge in [-0.05, 0) is 38.0 Å². The number of ether oxygens (including phenoxy) is 2. The summed E-state index contributed by atoms with van der Waals surface area (Å²) in [6.45, 7) is 0. The number of hydrogen-bond acceptors (Lipinski definition) is 3. The Hall–Kier alpha value is -0.610. The van der Waals surface area contributed by atoms with Crippen molar-refractivity contribution in [3.05, 3.63) is 0 Å². The molecule has 0 amide bonds. The van der Waals surface area contributed by atoms with Gasteiger partial charge in [0.05, 0.1) is 29.8 Å². The van der Waals surface area contributed by atoms with Crippen LogP contribution in [0.15, 0.2) is 0 Å². The molecule has 18 heavy (non-hydrogen) atoms. The molecule has 6 atom stereocenters. The van der Waals surface area contributed by atoms with E-state index in [9.17, 15) is 9.90 Å². The zero-order valence-corrected chi connectivity index (χ0v) is 10.5. The summed E-state index contributed by atoms with van der Waals surface area (Å²) in [5.41, 5.74) is -0.618. The second-order valence-corrected chi connectivity index (χ2v) is 6.52. The van der Waals surface area contributed by atoms with Crippen LogP contribution in [-0.4, -0.2) is 35.5 Å². The maximum atomic E-state index is 11.8. The van der Waals surface area contributed by atoms with Gasteiger partial charge in [0.25, 0.3) is 0 Å². The molecule has 0 aromatic rings. The highest BCUT2D eigenvalue weighted by atomic mass is 16.6.